The van der Waals surface area contributed by atoms with Gasteiger partial charge in [-0.1, -0.05) is 39.1 Å². The minimum absolute atomic E-state index is 0.0188. The maximum absolute atomic E-state index is 13.0. The van der Waals surface area contributed by atoms with Crippen LogP contribution in [-0.4, -0.2) is 8.42 Å². The van der Waals surface area contributed by atoms with Crippen molar-refractivity contribution in [2.75, 3.05) is 10.5 Å². The average Bonchev–Trinajstić information content (AvgIpc) is 2.33. The molecule has 0 aromatic heterocycles. The number of nitrogens with two attached hydrogens (primary N) is 1. The second kappa shape index (κ2) is 6.00. The first kappa shape index (κ1) is 16.4. The number of benzene rings is 2. The summed E-state index contributed by atoms with van der Waals surface area (Å²) in [5.74, 6) is -0.633. The fraction of sp³-hybridized carbons (Fsp3) is 0. The number of hydrogen-bond donors (Lipinski definition) is 2. The van der Waals surface area contributed by atoms with E-state index in [2.05, 4.69) is 20.7 Å². The number of hydrogen-bond acceptors (Lipinski definition) is 3. The maximum atomic E-state index is 13.0. The average molecular weight is 414 g/mol. The minimum Gasteiger partial charge on any atom is -0.398 e. The summed E-state index contributed by atoms with van der Waals surface area (Å²) in [6.07, 6.45) is 0. The van der Waals surface area contributed by atoms with Crippen LogP contribution >= 0.6 is 39.1 Å². The van der Waals surface area contributed by atoms with Crippen molar-refractivity contribution >= 4 is 60.5 Å². The lowest BCUT2D eigenvalue weighted by atomic mass is 10.3. The lowest BCUT2D eigenvalue weighted by Crippen LogP contribution is -2.15. The molecule has 2 rings (SSSR count). The predicted molar refractivity (Wildman–Crippen MR) is 85.8 cm³/mol. The van der Waals surface area contributed by atoms with Gasteiger partial charge in [0.2, 0.25) is 0 Å². The number of nitrogen functional groups attached to an aromatic ring is 1. The van der Waals surface area contributed by atoms with Crippen LogP contribution < -0.4 is 10.5 Å². The molecule has 0 heterocycles. The molecule has 21 heavy (non-hydrogen) atoms. The van der Waals surface area contributed by atoms with Gasteiger partial charge in [0.15, 0.2) is 0 Å². The van der Waals surface area contributed by atoms with E-state index in [9.17, 15) is 12.8 Å². The Morgan fingerprint density at radius 1 is 1.14 bits per heavy atom. The Kier molecular flexibility index (Phi) is 4.67. The van der Waals surface area contributed by atoms with Gasteiger partial charge in [-0.15, -0.1) is 0 Å². The third-order valence-corrected chi connectivity index (χ3v) is 4.98. The highest BCUT2D eigenvalue weighted by molar-refractivity contribution is 9.10. The Morgan fingerprint density at radius 3 is 2.24 bits per heavy atom. The molecule has 0 unspecified atom stereocenters. The molecule has 0 fully saturated rings. The van der Waals surface area contributed by atoms with Gasteiger partial charge in [-0.05, 0) is 30.3 Å². The van der Waals surface area contributed by atoms with E-state index in [0.717, 1.165) is 18.2 Å². The molecule has 0 saturated carbocycles. The van der Waals surface area contributed by atoms with E-state index in [0.29, 0.717) is 4.47 Å². The molecule has 4 nitrogen and oxygen atoms in total. The first-order valence-corrected chi connectivity index (χ1v) is 8.46. The van der Waals surface area contributed by atoms with Crippen LogP contribution in [0.25, 0.3) is 0 Å². The quantitative estimate of drug-likeness (QED) is 0.737. The van der Waals surface area contributed by atoms with Gasteiger partial charge in [0, 0.05) is 4.47 Å². The molecule has 0 aliphatic carbocycles. The van der Waals surface area contributed by atoms with Crippen molar-refractivity contribution in [3.63, 3.8) is 0 Å². The van der Waals surface area contributed by atoms with Crippen LogP contribution in [0.1, 0.15) is 0 Å². The molecule has 0 saturated heterocycles. The normalized spacial score (nSPS) is 11.4. The third-order valence-electron chi connectivity index (χ3n) is 2.50. The van der Waals surface area contributed by atoms with Crippen molar-refractivity contribution in [1.29, 1.82) is 0 Å². The monoisotopic (exact) mass is 412 g/mol. The SMILES string of the molecule is Nc1cc(F)ccc1S(=O)(=O)Nc1c(Cl)cc(Br)cc1Cl. The molecule has 0 aliphatic heterocycles. The molecule has 2 aromatic rings. The van der Waals surface area contributed by atoms with Crippen molar-refractivity contribution in [1.82, 2.24) is 0 Å². The fourth-order valence-electron chi connectivity index (χ4n) is 1.59. The zero-order valence-corrected chi connectivity index (χ0v) is 14.1. The topological polar surface area (TPSA) is 72.2 Å². The van der Waals surface area contributed by atoms with Gasteiger partial charge < -0.3 is 5.73 Å². The highest BCUT2D eigenvalue weighted by Gasteiger charge is 2.21. The Bertz CT molecular complexity index is 792. The molecule has 0 bridgehead atoms. The summed E-state index contributed by atoms with van der Waals surface area (Å²) in [6, 6.07) is 5.95. The highest BCUT2D eigenvalue weighted by Crippen LogP contribution is 2.35. The summed E-state index contributed by atoms with van der Waals surface area (Å²) >= 11 is 15.1. The first-order chi connectivity index (χ1) is 9.70. The van der Waals surface area contributed by atoms with Crippen molar-refractivity contribution in [3.05, 3.63) is 50.7 Å². The fourth-order valence-corrected chi connectivity index (χ4v) is 4.22. The summed E-state index contributed by atoms with van der Waals surface area (Å²) < 4.78 is 40.4. The van der Waals surface area contributed by atoms with E-state index in [1.54, 1.807) is 0 Å². The van der Waals surface area contributed by atoms with E-state index in [1.165, 1.54) is 12.1 Å². The number of nitrogens with one attached hydrogen (secondary N) is 1. The van der Waals surface area contributed by atoms with Crippen LogP contribution in [0.4, 0.5) is 15.8 Å². The molecular weight excluding hydrogens is 406 g/mol. The van der Waals surface area contributed by atoms with Crippen LogP contribution in [0.2, 0.25) is 10.0 Å². The standard InChI is InChI=1S/C12H8BrCl2FN2O2S/c13-6-3-8(14)12(9(15)4-6)18-21(19,20)11-2-1-7(16)5-10(11)17/h1-5,18H,17H2. The van der Waals surface area contributed by atoms with Crippen LogP contribution in [-0.2, 0) is 10.0 Å². The minimum atomic E-state index is -4.04. The Hall–Kier alpha value is -1.02. The second-order valence-electron chi connectivity index (χ2n) is 4.03. The van der Waals surface area contributed by atoms with Crippen molar-refractivity contribution in [2.24, 2.45) is 0 Å². The van der Waals surface area contributed by atoms with E-state index >= 15 is 0 Å². The lowest BCUT2D eigenvalue weighted by molar-refractivity contribution is 0.600. The van der Waals surface area contributed by atoms with Crippen molar-refractivity contribution in [2.45, 2.75) is 4.90 Å². The van der Waals surface area contributed by atoms with Gasteiger partial charge in [-0.25, -0.2) is 12.8 Å². The summed E-state index contributed by atoms with van der Waals surface area (Å²) in [5, 5.41) is 0.220. The van der Waals surface area contributed by atoms with E-state index in [4.69, 9.17) is 28.9 Å². The maximum Gasteiger partial charge on any atom is 0.264 e. The Morgan fingerprint density at radius 2 is 1.71 bits per heavy atom. The molecule has 0 radical (unpaired) electrons. The lowest BCUT2D eigenvalue weighted by Gasteiger charge is -2.13. The van der Waals surface area contributed by atoms with Crippen LogP contribution in [0, 0.1) is 5.82 Å². The summed E-state index contributed by atoms with van der Waals surface area (Å²) in [4.78, 5) is -0.265. The first-order valence-electron chi connectivity index (χ1n) is 5.43. The zero-order valence-electron chi connectivity index (χ0n) is 10.2. The molecule has 0 spiro atoms. The molecule has 3 N–H and O–H groups in total. The van der Waals surface area contributed by atoms with Gasteiger partial charge >= 0.3 is 0 Å². The molecule has 9 heteroatoms. The van der Waals surface area contributed by atoms with E-state index in [1.807, 2.05) is 0 Å². The molecule has 112 valence electrons. The summed E-state index contributed by atoms with van der Waals surface area (Å²) in [7, 11) is -4.04. The molecule has 0 aliphatic rings. The Balaban J connectivity index is 2.47. The number of halogens is 4. The summed E-state index contributed by atoms with van der Waals surface area (Å²) in [5.41, 5.74) is 5.33. The number of rotatable bonds is 3. The highest BCUT2D eigenvalue weighted by atomic mass is 79.9. The van der Waals surface area contributed by atoms with Crippen LogP contribution in [0.15, 0.2) is 39.7 Å². The molecule has 0 atom stereocenters. The second-order valence-corrected chi connectivity index (χ2v) is 7.41. The van der Waals surface area contributed by atoms with Crippen molar-refractivity contribution < 1.29 is 12.8 Å². The van der Waals surface area contributed by atoms with E-state index < -0.39 is 15.8 Å². The van der Waals surface area contributed by atoms with E-state index in [-0.39, 0.29) is 26.3 Å². The van der Waals surface area contributed by atoms with Gasteiger partial charge in [-0.3, -0.25) is 4.72 Å². The van der Waals surface area contributed by atoms with Gasteiger partial charge in [0.25, 0.3) is 10.0 Å². The van der Waals surface area contributed by atoms with Crippen LogP contribution in [0.5, 0.6) is 0 Å². The van der Waals surface area contributed by atoms with Crippen molar-refractivity contribution in [3.8, 4) is 0 Å². The zero-order chi connectivity index (χ0) is 15.8. The van der Waals surface area contributed by atoms with Gasteiger partial charge in [0.05, 0.1) is 21.4 Å². The van der Waals surface area contributed by atoms with Gasteiger partial charge in [-0.2, -0.15) is 0 Å². The molecule has 2 aromatic carbocycles. The molecular formula is C12H8BrCl2FN2O2S. The summed E-state index contributed by atoms with van der Waals surface area (Å²) in [6.45, 7) is 0. The third kappa shape index (κ3) is 3.60. The number of sulfonamides is 1. The molecule has 0 amide bonds. The Labute approximate surface area is 139 Å². The van der Waals surface area contributed by atoms with Crippen LogP contribution in [0.3, 0.4) is 0 Å². The largest absolute Gasteiger partial charge is 0.398 e. The predicted octanol–water partition coefficient (Wildman–Crippen LogP) is 4.28. The number of anilines is 2. The van der Waals surface area contributed by atoms with Gasteiger partial charge in [0.1, 0.15) is 10.7 Å². The smallest absolute Gasteiger partial charge is 0.264 e.